The van der Waals surface area contributed by atoms with Gasteiger partial charge in [-0.05, 0) is 29.5 Å². The number of hydrogen-bond acceptors (Lipinski definition) is 6. The molecule has 1 aliphatic rings. The first-order valence-electron chi connectivity index (χ1n) is 5.57. The third kappa shape index (κ3) is 6.73. The van der Waals surface area contributed by atoms with Crippen LogP contribution >= 0.6 is 0 Å². The third-order valence-corrected chi connectivity index (χ3v) is 2.21. The summed E-state index contributed by atoms with van der Waals surface area (Å²) in [5, 5.41) is 21.8. The quantitative estimate of drug-likeness (QED) is 0.783. The van der Waals surface area contributed by atoms with Crippen molar-refractivity contribution in [3.05, 3.63) is 6.33 Å². The van der Waals surface area contributed by atoms with Gasteiger partial charge in [-0.2, -0.15) is 5.11 Å². The van der Waals surface area contributed by atoms with Crippen LogP contribution in [0.4, 0.5) is 0 Å². The summed E-state index contributed by atoms with van der Waals surface area (Å²) in [6, 6.07) is 0.366. The molecule has 0 saturated carbocycles. The Bertz CT molecular complexity index is 385. The van der Waals surface area contributed by atoms with Gasteiger partial charge in [0, 0.05) is 11.5 Å². The highest BCUT2D eigenvalue weighted by Gasteiger charge is 2.20. The molecule has 1 aromatic heterocycles. The summed E-state index contributed by atoms with van der Waals surface area (Å²) in [5.74, 6) is 0. The van der Waals surface area contributed by atoms with Crippen LogP contribution in [-0.2, 0) is 0 Å². The van der Waals surface area contributed by atoms with E-state index in [2.05, 4.69) is 51.7 Å². The van der Waals surface area contributed by atoms with Crippen molar-refractivity contribution in [2.45, 2.75) is 55.5 Å². The van der Waals surface area contributed by atoms with Crippen LogP contribution in [-0.4, -0.2) is 32.5 Å². The smallest absolute Gasteiger partial charge is 0.138 e. The number of hydrogen-bond donors (Lipinski definition) is 0. The molecule has 1 aromatic rings. The molecule has 0 N–H and O–H groups in total. The normalized spacial score (nSPS) is 13.1. The van der Waals surface area contributed by atoms with Crippen LogP contribution < -0.4 is 0 Å². The fourth-order valence-corrected chi connectivity index (χ4v) is 1.01. The predicted molar refractivity (Wildman–Crippen MR) is 78.3 cm³/mol. The highest BCUT2D eigenvalue weighted by molar-refractivity contribution is 5.91. The van der Waals surface area contributed by atoms with Gasteiger partial charge < -0.3 is 0 Å². The zero-order valence-corrected chi connectivity index (χ0v) is 11.0. The van der Waals surface area contributed by atoms with E-state index in [4.69, 9.17) is 0 Å². The molecule has 0 amide bonds. The van der Waals surface area contributed by atoms with Crippen molar-refractivity contribution in [1.82, 2.24) is 20.2 Å². The summed E-state index contributed by atoms with van der Waals surface area (Å²) in [7, 11) is 0. The molecule has 0 bridgehead atoms. The minimum atomic E-state index is 0. The molecule has 0 fully saturated rings. The molecule has 2 heterocycles. The minimum Gasteiger partial charge on any atom is -0.230 e. The van der Waals surface area contributed by atoms with Gasteiger partial charge >= 0.3 is 0 Å². The Morgan fingerprint density at radius 1 is 1.21 bits per heavy atom. The van der Waals surface area contributed by atoms with Crippen molar-refractivity contribution >= 4 is 5.71 Å². The van der Waals surface area contributed by atoms with E-state index in [-0.39, 0.29) is 20.3 Å². The van der Waals surface area contributed by atoms with E-state index in [1.165, 1.54) is 0 Å². The van der Waals surface area contributed by atoms with Gasteiger partial charge in [0.15, 0.2) is 0 Å². The molecule has 7 nitrogen and oxygen atoms in total. The lowest BCUT2D eigenvalue weighted by atomic mass is 9.90. The van der Waals surface area contributed by atoms with Gasteiger partial charge in [0.25, 0.3) is 0 Å². The standard InChI is InChI=1S/C6H11N3.C4H8N4.2CH4/c1-6(2,3)5-4-7-9-8-5;1-4(2)8-3-5-6-7-8;;/h4H2,1-3H3;3-4H,1-2H3;2*1H4. The van der Waals surface area contributed by atoms with Gasteiger partial charge in [0.2, 0.25) is 0 Å². The van der Waals surface area contributed by atoms with E-state index in [1.54, 1.807) is 11.0 Å². The second-order valence-electron chi connectivity index (χ2n) is 5.07. The minimum absolute atomic E-state index is 0. The van der Waals surface area contributed by atoms with E-state index < -0.39 is 0 Å². The monoisotopic (exact) mass is 269 g/mol. The van der Waals surface area contributed by atoms with Gasteiger partial charge in [-0.15, -0.1) is 10.2 Å². The van der Waals surface area contributed by atoms with Crippen molar-refractivity contribution < 1.29 is 0 Å². The highest BCUT2D eigenvalue weighted by Crippen LogP contribution is 2.18. The molecule has 0 aliphatic carbocycles. The van der Waals surface area contributed by atoms with Crippen molar-refractivity contribution in [3.8, 4) is 0 Å². The van der Waals surface area contributed by atoms with Crippen molar-refractivity contribution in [1.29, 1.82) is 0 Å². The summed E-state index contributed by atoms with van der Waals surface area (Å²) in [5.41, 5.74) is 1.21. The molecule has 0 aromatic carbocycles. The SMILES string of the molecule is C.C.CC(C)(C)C1=NN=NC1.CC(C)n1cnnn1. The molecule has 7 heteroatoms. The van der Waals surface area contributed by atoms with Gasteiger partial charge in [-0.3, -0.25) is 0 Å². The Morgan fingerprint density at radius 2 is 1.84 bits per heavy atom. The van der Waals surface area contributed by atoms with Gasteiger partial charge in [-0.25, -0.2) is 4.68 Å². The zero-order chi connectivity index (χ0) is 12.9. The summed E-state index contributed by atoms with van der Waals surface area (Å²) in [6.07, 6.45) is 1.60. The van der Waals surface area contributed by atoms with Crippen LogP contribution in [0.1, 0.15) is 55.5 Å². The lowest BCUT2D eigenvalue weighted by Gasteiger charge is -2.15. The second-order valence-corrected chi connectivity index (χ2v) is 5.07. The summed E-state index contributed by atoms with van der Waals surface area (Å²) in [6.45, 7) is 11.1. The molecule has 0 atom stereocenters. The maximum atomic E-state index is 3.88. The molecular weight excluding hydrogens is 242 g/mol. The Morgan fingerprint density at radius 3 is 2.05 bits per heavy atom. The van der Waals surface area contributed by atoms with Gasteiger partial charge in [0.1, 0.15) is 12.9 Å². The van der Waals surface area contributed by atoms with Crippen LogP contribution in [0, 0.1) is 5.41 Å². The largest absolute Gasteiger partial charge is 0.230 e. The molecule has 0 spiro atoms. The van der Waals surface area contributed by atoms with Crippen LogP contribution in [0.25, 0.3) is 0 Å². The molecular formula is C12H27N7. The zero-order valence-electron chi connectivity index (χ0n) is 11.0. The van der Waals surface area contributed by atoms with E-state index in [0.29, 0.717) is 12.6 Å². The molecule has 19 heavy (non-hydrogen) atoms. The first-order valence-corrected chi connectivity index (χ1v) is 5.57. The highest BCUT2D eigenvalue weighted by atomic mass is 15.5. The summed E-state index contributed by atoms with van der Waals surface area (Å²) < 4.78 is 1.69. The molecule has 0 radical (unpaired) electrons. The molecule has 110 valence electrons. The van der Waals surface area contributed by atoms with Crippen LogP contribution in [0.3, 0.4) is 0 Å². The average molecular weight is 269 g/mol. The van der Waals surface area contributed by atoms with Gasteiger partial charge in [0.05, 0.1) is 5.71 Å². The van der Waals surface area contributed by atoms with E-state index in [1.807, 2.05) is 13.8 Å². The molecule has 0 saturated heterocycles. The lowest BCUT2D eigenvalue weighted by molar-refractivity contribution is 0.514. The first kappa shape index (κ1) is 19.7. The maximum absolute atomic E-state index is 3.88. The molecule has 1 aliphatic heterocycles. The first-order chi connectivity index (χ1) is 7.91. The molecule has 0 unspecified atom stereocenters. The Labute approximate surface area is 116 Å². The fourth-order valence-electron chi connectivity index (χ4n) is 1.01. The number of rotatable bonds is 1. The van der Waals surface area contributed by atoms with Crippen molar-refractivity contribution in [2.24, 2.45) is 20.9 Å². The van der Waals surface area contributed by atoms with E-state index in [9.17, 15) is 0 Å². The van der Waals surface area contributed by atoms with Crippen LogP contribution in [0.15, 0.2) is 21.8 Å². The van der Waals surface area contributed by atoms with Crippen LogP contribution in [0.5, 0.6) is 0 Å². The number of aromatic nitrogens is 4. The summed E-state index contributed by atoms with van der Waals surface area (Å²) >= 11 is 0. The fraction of sp³-hybridized carbons (Fsp3) is 0.833. The number of tetrazole rings is 1. The van der Waals surface area contributed by atoms with Crippen molar-refractivity contribution in [2.75, 3.05) is 6.54 Å². The van der Waals surface area contributed by atoms with Crippen LogP contribution in [0.2, 0.25) is 0 Å². The molecule has 2 rings (SSSR count). The third-order valence-electron chi connectivity index (χ3n) is 2.21. The average Bonchev–Trinajstić information content (AvgIpc) is 2.92. The van der Waals surface area contributed by atoms with Gasteiger partial charge in [-0.1, -0.05) is 35.6 Å². The Hall–Kier alpha value is -1.66. The Balaban J connectivity index is 0. The number of nitrogens with zero attached hydrogens (tertiary/aromatic N) is 7. The second kappa shape index (κ2) is 8.44. The van der Waals surface area contributed by atoms with Crippen molar-refractivity contribution in [3.63, 3.8) is 0 Å². The van der Waals surface area contributed by atoms with E-state index in [0.717, 1.165) is 5.71 Å². The maximum Gasteiger partial charge on any atom is 0.138 e. The Kier molecular flexibility index (Phi) is 8.74. The lowest BCUT2D eigenvalue weighted by Crippen LogP contribution is -2.20. The summed E-state index contributed by atoms with van der Waals surface area (Å²) in [4.78, 5) is 0. The predicted octanol–water partition coefficient (Wildman–Crippen LogP) is 3.38. The van der Waals surface area contributed by atoms with E-state index >= 15 is 0 Å². The topological polar surface area (TPSA) is 80.7 Å².